The molecule has 1 N–H and O–H groups in total. The van der Waals surface area contributed by atoms with Crippen molar-refractivity contribution in [2.45, 2.75) is 20.0 Å². The number of benzene rings is 1. The summed E-state index contributed by atoms with van der Waals surface area (Å²) in [4.78, 5) is 2.10. The Morgan fingerprint density at radius 1 is 1.35 bits per heavy atom. The van der Waals surface area contributed by atoms with Crippen molar-refractivity contribution in [3.8, 4) is 0 Å². The molecule has 1 atom stereocenters. The van der Waals surface area contributed by atoms with Gasteiger partial charge < -0.3 is 5.11 Å². The number of hydrogen-bond donors (Lipinski definition) is 1. The first-order chi connectivity index (χ1) is 8.00. The molecule has 90 valence electrons. The van der Waals surface area contributed by atoms with Crippen molar-refractivity contribution in [3.63, 3.8) is 0 Å². The maximum absolute atomic E-state index is 10.4. The summed E-state index contributed by atoms with van der Waals surface area (Å²) >= 11 is 11.1. The maximum atomic E-state index is 10.4. The van der Waals surface area contributed by atoms with Crippen molar-refractivity contribution < 1.29 is 5.11 Å². The first-order valence-corrected chi connectivity index (χ1v) is 7.18. The van der Waals surface area contributed by atoms with Crippen molar-refractivity contribution in [1.82, 2.24) is 0 Å². The zero-order valence-electron chi connectivity index (χ0n) is 9.50. The molecule has 0 aliphatic carbocycles. The second kappa shape index (κ2) is 5.11. The third-order valence-electron chi connectivity index (χ3n) is 2.75. The maximum Gasteiger partial charge on any atom is 0.114 e. The summed E-state index contributed by atoms with van der Waals surface area (Å²) in [6.45, 7) is 3.95. The molecule has 0 aliphatic rings. The number of thiophene rings is 1. The van der Waals surface area contributed by atoms with Gasteiger partial charge in [-0.15, -0.1) is 11.3 Å². The lowest BCUT2D eigenvalue weighted by Gasteiger charge is -2.12. The number of aliphatic hydroxyl groups is 1. The normalized spacial score (nSPS) is 12.8. The van der Waals surface area contributed by atoms with E-state index in [1.807, 2.05) is 38.1 Å². The number of hydrogen-bond acceptors (Lipinski definition) is 2. The monoisotopic (exact) mass is 330 g/mol. The Balaban J connectivity index is 2.43. The van der Waals surface area contributed by atoms with Gasteiger partial charge in [0.1, 0.15) is 6.10 Å². The van der Waals surface area contributed by atoms with Gasteiger partial charge in [-0.25, -0.2) is 0 Å². The number of aliphatic hydroxyl groups excluding tert-OH is 1. The van der Waals surface area contributed by atoms with Gasteiger partial charge in [-0.1, -0.05) is 23.7 Å². The standard InChI is InChI=1S/C13H12BrClOS/c1-7-9(4-3-5-11(7)15)13(16)12-6-10(14)8(2)17-12/h3-6,13,16H,1-2H3. The van der Waals surface area contributed by atoms with Gasteiger partial charge in [-0.05, 0) is 53.0 Å². The summed E-state index contributed by atoms with van der Waals surface area (Å²) in [7, 11) is 0. The quantitative estimate of drug-likeness (QED) is 0.833. The van der Waals surface area contributed by atoms with Crippen LogP contribution in [0.2, 0.25) is 5.02 Å². The molecule has 0 amide bonds. The molecule has 4 heteroatoms. The first kappa shape index (κ1) is 13.1. The van der Waals surface area contributed by atoms with Gasteiger partial charge in [0.25, 0.3) is 0 Å². The van der Waals surface area contributed by atoms with Gasteiger partial charge in [0.2, 0.25) is 0 Å². The van der Waals surface area contributed by atoms with Gasteiger partial charge in [0, 0.05) is 19.2 Å². The highest BCUT2D eigenvalue weighted by Gasteiger charge is 2.17. The summed E-state index contributed by atoms with van der Waals surface area (Å²) in [6, 6.07) is 7.58. The minimum Gasteiger partial charge on any atom is -0.383 e. The van der Waals surface area contributed by atoms with E-state index in [1.54, 1.807) is 11.3 Å². The van der Waals surface area contributed by atoms with Crippen LogP contribution in [-0.4, -0.2) is 5.11 Å². The fraction of sp³-hybridized carbons (Fsp3) is 0.231. The zero-order chi connectivity index (χ0) is 12.6. The molecule has 0 saturated carbocycles. The highest BCUT2D eigenvalue weighted by atomic mass is 79.9. The van der Waals surface area contributed by atoms with Crippen LogP contribution in [0.1, 0.15) is 27.0 Å². The van der Waals surface area contributed by atoms with Crippen LogP contribution in [0.15, 0.2) is 28.7 Å². The van der Waals surface area contributed by atoms with Crippen LogP contribution in [-0.2, 0) is 0 Å². The summed E-state index contributed by atoms with van der Waals surface area (Å²) in [5.74, 6) is 0. The zero-order valence-corrected chi connectivity index (χ0v) is 12.7. The molecule has 0 fully saturated rings. The number of halogens is 2. The van der Waals surface area contributed by atoms with E-state index in [0.29, 0.717) is 5.02 Å². The van der Waals surface area contributed by atoms with Gasteiger partial charge in [-0.3, -0.25) is 0 Å². The fourth-order valence-corrected chi connectivity index (χ4v) is 3.44. The van der Waals surface area contributed by atoms with Crippen LogP contribution >= 0.6 is 38.9 Å². The van der Waals surface area contributed by atoms with E-state index in [0.717, 1.165) is 20.5 Å². The van der Waals surface area contributed by atoms with E-state index in [2.05, 4.69) is 15.9 Å². The summed E-state index contributed by atoms with van der Waals surface area (Å²) in [6.07, 6.45) is -0.608. The molecule has 1 aromatic heterocycles. The molecule has 2 aromatic rings. The van der Waals surface area contributed by atoms with E-state index < -0.39 is 6.10 Å². The van der Waals surface area contributed by atoms with E-state index in [9.17, 15) is 5.11 Å². The van der Waals surface area contributed by atoms with Crippen molar-refractivity contribution in [2.24, 2.45) is 0 Å². The second-order valence-electron chi connectivity index (χ2n) is 3.91. The Morgan fingerprint density at radius 3 is 2.65 bits per heavy atom. The Kier molecular flexibility index (Phi) is 3.93. The van der Waals surface area contributed by atoms with Crippen molar-refractivity contribution in [2.75, 3.05) is 0 Å². The van der Waals surface area contributed by atoms with Crippen LogP contribution in [0.4, 0.5) is 0 Å². The van der Waals surface area contributed by atoms with Crippen LogP contribution in [0.5, 0.6) is 0 Å². The molecule has 1 nitrogen and oxygen atoms in total. The Labute approximate surface area is 118 Å². The average Bonchev–Trinajstić information content (AvgIpc) is 2.62. The molecule has 0 radical (unpaired) electrons. The largest absolute Gasteiger partial charge is 0.383 e. The average molecular weight is 332 g/mol. The first-order valence-electron chi connectivity index (χ1n) is 5.19. The summed E-state index contributed by atoms with van der Waals surface area (Å²) in [5.41, 5.74) is 1.80. The van der Waals surface area contributed by atoms with Crippen LogP contribution < -0.4 is 0 Å². The highest BCUT2D eigenvalue weighted by molar-refractivity contribution is 9.10. The van der Waals surface area contributed by atoms with Crippen molar-refractivity contribution in [1.29, 1.82) is 0 Å². The van der Waals surface area contributed by atoms with Crippen LogP contribution in [0.3, 0.4) is 0 Å². The lowest BCUT2D eigenvalue weighted by atomic mass is 10.0. The van der Waals surface area contributed by atoms with Crippen LogP contribution in [0.25, 0.3) is 0 Å². The van der Waals surface area contributed by atoms with Crippen molar-refractivity contribution in [3.05, 3.63) is 54.6 Å². The molecule has 0 saturated heterocycles. The molecule has 1 aromatic carbocycles. The molecule has 1 unspecified atom stereocenters. The molecule has 2 rings (SSSR count). The summed E-state index contributed by atoms with van der Waals surface area (Å²) in [5, 5.41) is 11.1. The lowest BCUT2D eigenvalue weighted by molar-refractivity contribution is 0.223. The van der Waals surface area contributed by atoms with E-state index in [1.165, 1.54) is 4.88 Å². The molecule has 0 aliphatic heterocycles. The van der Waals surface area contributed by atoms with E-state index in [-0.39, 0.29) is 0 Å². The third-order valence-corrected chi connectivity index (χ3v) is 5.35. The van der Waals surface area contributed by atoms with E-state index >= 15 is 0 Å². The molecular weight excluding hydrogens is 320 g/mol. The summed E-state index contributed by atoms with van der Waals surface area (Å²) < 4.78 is 1.04. The lowest BCUT2D eigenvalue weighted by Crippen LogP contribution is -2.00. The van der Waals surface area contributed by atoms with Crippen LogP contribution in [0, 0.1) is 13.8 Å². The van der Waals surface area contributed by atoms with Gasteiger partial charge in [0.05, 0.1) is 0 Å². The predicted octanol–water partition coefficient (Wildman–Crippen LogP) is 4.86. The van der Waals surface area contributed by atoms with E-state index in [4.69, 9.17) is 11.6 Å². The molecule has 1 heterocycles. The SMILES string of the molecule is Cc1sc(C(O)c2cccc(Cl)c2C)cc1Br. The topological polar surface area (TPSA) is 20.2 Å². The van der Waals surface area contributed by atoms with Gasteiger partial charge in [0.15, 0.2) is 0 Å². The molecular formula is C13H12BrClOS. The Bertz CT molecular complexity index is 531. The highest BCUT2D eigenvalue weighted by Crippen LogP contribution is 2.35. The number of aryl methyl sites for hydroxylation is 1. The second-order valence-corrected chi connectivity index (χ2v) is 6.46. The smallest absolute Gasteiger partial charge is 0.114 e. The molecule has 0 bridgehead atoms. The van der Waals surface area contributed by atoms with Gasteiger partial charge >= 0.3 is 0 Å². The Morgan fingerprint density at radius 2 is 2.06 bits per heavy atom. The minimum absolute atomic E-state index is 0.608. The third kappa shape index (κ3) is 2.58. The number of rotatable bonds is 2. The molecule has 17 heavy (non-hydrogen) atoms. The predicted molar refractivity (Wildman–Crippen MR) is 77.0 cm³/mol. The van der Waals surface area contributed by atoms with Gasteiger partial charge in [-0.2, -0.15) is 0 Å². The molecule has 0 spiro atoms. The Hall–Kier alpha value is -0.350. The van der Waals surface area contributed by atoms with Crippen molar-refractivity contribution >= 4 is 38.9 Å². The minimum atomic E-state index is -0.608. The fourth-order valence-electron chi connectivity index (χ4n) is 1.69.